The summed E-state index contributed by atoms with van der Waals surface area (Å²) in [6, 6.07) is 27.6. The SMILES string of the molecule is CCc1ccccc1N(CC(=O)N(Cc1ccccc1F)[C@@H](Cc1ccccc1)C(=O)NC)S(=O)(=O)c1ccc(C)cc1. The number of rotatable bonds is 12. The first kappa shape index (κ1) is 31.4. The minimum absolute atomic E-state index is 0.0320. The summed E-state index contributed by atoms with van der Waals surface area (Å²) in [5, 5.41) is 2.63. The maximum Gasteiger partial charge on any atom is 0.264 e. The van der Waals surface area contributed by atoms with Crippen LogP contribution >= 0.6 is 0 Å². The van der Waals surface area contributed by atoms with E-state index in [9.17, 15) is 22.4 Å². The molecule has 0 bridgehead atoms. The first-order valence-corrected chi connectivity index (χ1v) is 15.6. The fraction of sp³-hybridized carbons (Fsp3) is 0.235. The molecule has 0 spiro atoms. The molecule has 0 fully saturated rings. The van der Waals surface area contributed by atoms with Crippen LogP contribution in [0.15, 0.2) is 108 Å². The average molecular weight is 602 g/mol. The van der Waals surface area contributed by atoms with E-state index in [0.29, 0.717) is 12.1 Å². The Morgan fingerprint density at radius 1 is 0.837 bits per heavy atom. The van der Waals surface area contributed by atoms with Gasteiger partial charge in [0.2, 0.25) is 11.8 Å². The summed E-state index contributed by atoms with van der Waals surface area (Å²) < 4.78 is 44.3. The molecule has 0 saturated carbocycles. The summed E-state index contributed by atoms with van der Waals surface area (Å²) in [7, 11) is -2.74. The Morgan fingerprint density at radius 3 is 2.07 bits per heavy atom. The molecule has 1 N–H and O–H groups in total. The van der Waals surface area contributed by atoms with Crippen molar-refractivity contribution in [2.75, 3.05) is 17.9 Å². The van der Waals surface area contributed by atoms with Crippen LogP contribution in [0.1, 0.15) is 29.2 Å². The van der Waals surface area contributed by atoms with Crippen molar-refractivity contribution in [3.63, 3.8) is 0 Å². The van der Waals surface area contributed by atoms with Gasteiger partial charge in [0.25, 0.3) is 10.0 Å². The monoisotopic (exact) mass is 601 g/mol. The highest BCUT2D eigenvalue weighted by Crippen LogP contribution is 2.29. The maximum absolute atomic E-state index is 14.9. The molecule has 0 radical (unpaired) electrons. The lowest BCUT2D eigenvalue weighted by molar-refractivity contribution is -0.139. The molecule has 0 saturated heterocycles. The van der Waals surface area contributed by atoms with Gasteiger partial charge < -0.3 is 10.2 Å². The maximum atomic E-state index is 14.9. The second-order valence-corrected chi connectivity index (χ2v) is 12.1. The molecule has 0 aliphatic rings. The standard InChI is InChI=1S/C34H36FN3O4S/c1-4-27-14-9-11-17-31(27)38(43(41,42)29-20-18-25(2)19-21-29)24-33(39)37(23-28-15-8-10-16-30(28)35)32(34(40)36-3)22-26-12-6-5-7-13-26/h5-21,32H,4,22-24H2,1-3H3,(H,36,40)/t32-/m0/s1. The Balaban J connectivity index is 1.82. The molecule has 0 aromatic heterocycles. The first-order valence-electron chi connectivity index (χ1n) is 14.1. The van der Waals surface area contributed by atoms with Gasteiger partial charge in [0.05, 0.1) is 10.6 Å². The minimum Gasteiger partial charge on any atom is -0.357 e. The highest BCUT2D eigenvalue weighted by molar-refractivity contribution is 7.92. The van der Waals surface area contributed by atoms with Gasteiger partial charge in [-0.1, -0.05) is 91.3 Å². The number of carbonyl (C=O) groups is 2. The Kier molecular flexibility index (Phi) is 10.3. The van der Waals surface area contributed by atoms with E-state index in [4.69, 9.17) is 0 Å². The largest absolute Gasteiger partial charge is 0.357 e. The number of aryl methyl sites for hydroxylation is 2. The van der Waals surface area contributed by atoms with Crippen molar-refractivity contribution in [1.82, 2.24) is 10.2 Å². The van der Waals surface area contributed by atoms with Gasteiger partial charge in [-0.15, -0.1) is 0 Å². The zero-order valence-electron chi connectivity index (χ0n) is 24.5. The van der Waals surface area contributed by atoms with Gasteiger partial charge in [-0.2, -0.15) is 0 Å². The number of amides is 2. The Hall–Kier alpha value is -4.50. The number of anilines is 1. The van der Waals surface area contributed by atoms with Crippen LogP contribution in [-0.4, -0.2) is 44.8 Å². The molecule has 43 heavy (non-hydrogen) atoms. The predicted octanol–water partition coefficient (Wildman–Crippen LogP) is 5.28. The summed E-state index contributed by atoms with van der Waals surface area (Å²) in [5.74, 6) is -1.62. The van der Waals surface area contributed by atoms with E-state index in [1.807, 2.05) is 56.3 Å². The smallest absolute Gasteiger partial charge is 0.264 e. The van der Waals surface area contributed by atoms with E-state index in [0.717, 1.165) is 21.0 Å². The Labute approximate surface area is 253 Å². The number of benzene rings is 4. The van der Waals surface area contributed by atoms with Crippen molar-refractivity contribution in [3.8, 4) is 0 Å². The molecule has 1 atom stereocenters. The number of para-hydroxylation sites is 1. The summed E-state index contributed by atoms with van der Waals surface area (Å²) in [5.41, 5.74) is 2.99. The van der Waals surface area contributed by atoms with E-state index >= 15 is 0 Å². The third kappa shape index (κ3) is 7.48. The second kappa shape index (κ2) is 14.1. The quantitative estimate of drug-likeness (QED) is 0.240. The van der Waals surface area contributed by atoms with Crippen molar-refractivity contribution in [2.24, 2.45) is 0 Å². The molecule has 9 heteroatoms. The molecule has 224 valence electrons. The molecule has 7 nitrogen and oxygen atoms in total. The van der Waals surface area contributed by atoms with Gasteiger partial charge in [-0.05, 0) is 48.7 Å². The summed E-state index contributed by atoms with van der Waals surface area (Å²) in [6.45, 7) is 2.94. The van der Waals surface area contributed by atoms with Gasteiger partial charge in [0, 0.05) is 25.6 Å². The molecular formula is C34H36FN3O4S. The molecule has 0 aliphatic heterocycles. The molecule has 4 rings (SSSR count). The third-order valence-corrected chi connectivity index (χ3v) is 9.12. The fourth-order valence-corrected chi connectivity index (χ4v) is 6.39. The van der Waals surface area contributed by atoms with Crippen molar-refractivity contribution in [3.05, 3.63) is 131 Å². The number of sulfonamides is 1. The van der Waals surface area contributed by atoms with Crippen molar-refractivity contribution in [2.45, 2.75) is 44.2 Å². The predicted molar refractivity (Wildman–Crippen MR) is 166 cm³/mol. The molecule has 4 aromatic carbocycles. The molecule has 0 heterocycles. The number of carbonyl (C=O) groups excluding carboxylic acids is 2. The molecule has 0 unspecified atom stereocenters. The van der Waals surface area contributed by atoms with Gasteiger partial charge in [0.15, 0.2) is 0 Å². The Bertz CT molecular complexity index is 1660. The zero-order valence-corrected chi connectivity index (χ0v) is 25.4. The van der Waals surface area contributed by atoms with Crippen LogP contribution in [-0.2, 0) is 39.0 Å². The summed E-state index contributed by atoms with van der Waals surface area (Å²) in [6.07, 6.45) is 0.676. The number of halogens is 1. The van der Waals surface area contributed by atoms with E-state index in [2.05, 4.69) is 5.32 Å². The van der Waals surface area contributed by atoms with Crippen LogP contribution in [0.4, 0.5) is 10.1 Å². The van der Waals surface area contributed by atoms with Crippen LogP contribution in [0.25, 0.3) is 0 Å². The number of hydrogen-bond donors (Lipinski definition) is 1. The minimum atomic E-state index is -4.21. The lowest BCUT2D eigenvalue weighted by Crippen LogP contribution is -2.53. The first-order chi connectivity index (χ1) is 20.6. The van der Waals surface area contributed by atoms with Crippen molar-refractivity contribution < 1.29 is 22.4 Å². The molecule has 2 amide bonds. The summed E-state index contributed by atoms with van der Waals surface area (Å²) >= 11 is 0. The fourth-order valence-electron chi connectivity index (χ4n) is 4.93. The van der Waals surface area contributed by atoms with E-state index in [1.165, 1.54) is 30.1 Å². The lowest BCUT2D eigenvalue weighted by atomic mass is 10.0. The second-order valence-electron chi connectivity index (χ2n) is 10.2. The van der Waals surface area contributed by atoms with Gasteiger partial charge >= 0.3 is 0 Å². The highest BCUT2D eigenvalue weighted by Gasteiger charge is 2.35. The number of hydrogen-bond acceptors (Lipinski definition) is 4. The average Bonchev–Trinajstić information content (AvgIpc) is 3.02. The normalized spacial score (nSPS) is 11.9. The number of nitrogens with one attached hydrogen (secondary N) is 1. The Morgan fingerprint density at radius 2 is 1.44 bits per heavy atom. The molecule has 0 aliphatic carbocycles. The van der Waals surface area contributed by atoms with Gasteiger partial charge in [-0.25, -0.2) is 12.8 Å². The van der Waals surface area contributed by atoms with Gasteiger partial charge in [-0.3, -0.25) is 13.9 Å². The summed E-state index contributed by atoms with van der Waals surface area (Å²) in [4.78, 5) is 29.0. The third-order valence-electron chi connectivity index (χ3n) is 7.35. The zero-order chi connectivity index (χ0) is 31.0. The van der Waals surface area contributed by atoms with Crippen LogP contribution in [0, 0.1) is 12.7 Å². The topological polar surface area (TPSA) is 86.8 Å². The molecular weight excluding hydrogens is 565 g/mol. The van der Waals surface area contributed by atoms with E-state index in [-0.39, 0.29) is 23.4 Å². The lowest BCUT2D eigenvalue weighted by Gasteiger charge is -2.34. The number of likely N-dealkylation sites (N-methyl/N-ethyl adjacent to an activating group) is 1. The highest BCUT2D eigenvalue weighted by atomic mass is 32.2. The molecule has 4 aromatic rings. The van der Waals surface area contributed by atoms with Crippen molar-refractivity contribution in [1.29, 1.82) is 0 Å². The van der Waals surface area contributed by atoms with Gasteiger partial charge in [0.1, 0.15) is 18.4 Å². The van der Waals surface area contributed by atoms with Crippen LogP contribution < -0.4 is 9.62 Å². The van der Waals surface area contributed by atoms with Crippen molar-refractivity contribution >= 4 is 27.5 Å². The van der Waals surface area contributed by atoms with E-state index in [1.54, 1.807) is 42.5 Å². The van der Waals surface area contributed by atoms with Crippen LogP contribution in [0.2, 0.25) is 0 Å². The number of nitrogens with zero attached hydrogens (tertiary/aromatic N) is 2. The van der Waals surface area contributed by atoms with Crippen LogP contribution in [0.5, 0.6) is 0 Å². The van der Waals surface area contributed by atoms with E-state index < -0.39 is 40.2 Å². The van der Waals surface area contributed by atoms with Crippen LogP contribution in [0.3, 0.4) is 0 Å².